The van der Waals surface area contributed by atoms with Gasteiger partial charge in [-0.1, -0.05) is 0 Å². The van der Waals surface area contributed by atoms with E-state index in [1.165, 1.54) is 19.4 Å². The molecule has 0 radical (unpaired) electrons. The Bertz CT molecular complexity index is 626. The van der Waals surface area contributed by atoms with E-state index in [0.717, 1.165) is 0 Å². The van der Waals surface area contributed by atoms with Gasteiger partial charge < -0.3 is 19.4 Å². The number of hydrogen-bond donors (Lipinski definition) is 0. The van der Waals surface area contributed by atoms with Crippen LogP contribution in [-0.2, 0) is 9.47 Å². The first kappa shape index (κ1) is 14.1. The summed E-state index contributed by atoms with van der Waals surface area (Å²) in [7, 11) is 2.88. The van der Waals surface area contributed by atoms with E-state index in [1.54, 1.807) is 25.3 Å². The minimum atomic E-state index is -0.488. The first-order valence-corrected chi connectivity index (χ1v) is 6.03. The summed E-state index contributed by atoms with van der Waals surface area (Å²) in [6.07, 6.45) is 1.34. The molecule has 0 saturated carbocycles. The lowest BCUT2D eigenvalue weighted by Gasteiger charge is -2.09. The van der Waals surface area contributed by atoms with Crippen molar-refractivity contribution in [3.05, 3.63) is 41.2 Å². The number of methoxy groups -OCH3 is 2. The van der Waals surface area contributed by atoms with Crippen LogP contribution in [0.1, 0.15) is 10.4 Å². The molecular formula is C14H15NO5. The van der Waals surface area contributed by atoms with Gasteiger partial charge in [0.05, 0.1) is 24.7 Å². The Kier molecular flexibility index (Phi) is 4.37. The third-order valence-electron chi connectivity index (χ3n) is 2.83. The predicted octanol–water partition coefficient (Wildman–Crippen LogP) is 1.29. The molecule has 0 unspecified atom stereocenters. The van der Waals surface area contributed by atoms with E-state index in [4.69, 9.17) is 9.47 Å². The Hall–Kier alpha value is -2.34. The normalized spacial score (nSPS) is 10.5. The van der Waals surface area contributed by atoms with Crippen molar-refractivity contribution < 1.29 is 23.7 Å². The van der Waals surface area contributed by atoms with E-state index in [1.807, 2.05) is 0 Å². The largest absolute Gasteiger partial charge is 0.618 e. The standard InChI is InChI=1S/C14H15NO5/c1-18-7-8-20-13-5-6-15(17)12-9-10(14(16)19-2)3-4-11(12)13/h3-6,9H,7-8H2,1-2H3. The first-order chi connectivity index (χ1) is 9.67. The number of carbonyl (C=O) groups is 1. The maximum absolute atomic E-state index is 11.8. The quantitative estimate of drug-likeness (QED) is 0.356. The first-order valence-electron chi connectivity index (χ1n) is 6.03. The number of nitrogens with zero attached hydrogens (tertiary/aromatic N) is 1. The summed E-state index contributed by atoms with van der Waals surface area (Å²) in [6.45, 7) is 0.835. The molecule has 6 nitrogen and oxygen atoms in total. The Morgan fingerprint density at radius 3 is 2.75 bits per heavy atom. The summed E-state index contributed by atoms with van der Waals surface area (Å²) in [4.78, 5) is 11.5. The number of pyridine rings is 1. The van der Waals surface area contributed by atoms with Crippen LogP contribution in [0.2, 0.25) is 0 Å². The highest BCUT2D eigenvalue weighted by atomic mass is 16.5. The lowest BCUT2D eigenvalue weighted by molar-refractivity contribution is -0.577. The van der Waals surface area contributed by atoms with Gasteiger partial charge in [0.2, 0.25) is 5.52 Å². The molecule has 0 aliphatic heterocycles. The molecule has 0 aliphatic carbocycles. The summed E-state index contributed by atoms with van der Waals surface area (Å²) in [5.41, 5.74) is 0.668. The van der Waals surface area contributed by atoms with Crippen LogP contribution in [0.15, 0.2) is 30.5 Å². The van der Waals surface area contributed by atoms with Crippen molar-refractivity contribution in [3.8, 4) is 5.75 Å². The number of hydrogen-bond acceptors (Lipinski definition) is 5. The molecule has 2 rings (SSSR count). The van der Waals surface area contributed by atoms with Gasteiger partial charge in [0, 0.05) is 19.2 Å². The molecule has 6 heteroatoms. The number of fused-ring (bicyclic) bond motifs is 1. The molecular weight excluding hydrogens is 262 g/mol. The Labute approximate surface area is 116 Å². The molecule has 1 aromatic heterocycles. The second-order valence-electron chi connectivity index (χ2n) is 4.07. The Balaban J connectivity index is 2.42. The molecule has 1 heterocycles. The van der Waals surface area contributed by atoms with E-state index in [2.05, 4.69) is 4.74 Å². The summed E-state index contributed by atoms with van der Waals surface area (Å²) >= 11 is 0. The zero-order valence-corrected chi connectivity index (χ0v) is 11.3. The highest BCUT2D eigenvalue weighted by Crippen LogP contribution is 2.24. The van der Waals surface area contributed by atoms with E-state index < -0.39 is 5.97 Å². The zero-order valence-electron chi connectivity index (χ0n) is 11.3. The second-order valence-corrected chi connectivity index (χ2v) is 4.07. The van der Waals surface area contributed by atoms with Gasteiger partial charge in [0.15, 0.2) is 6.20 Å². The van der Waals surface area contributed by atoms with Crippen LogP contribution in [-0.4, -0.2) is 33.4 Å². The zero-order chi connectivity index (χ0) is 14.5. The fourth-order valence-electron chi connectivity index (χ4n) is 1.83. The fraction of sp³-hybridized carbons (Fsp3) is 0.286. The molecule has 0 amide bonds. The van der Waals surface area contributed by atoms with Crippen LogP contribution >= 0.6 is 0 Å². The monoisotopic (exact) mass is 277 g/mol. The van der Waals surface area contributed by atoms with Crippen LogP contribution in [0.4, 0.5) is 0 Å². The third-order valence-corrected chi connectivity index (χ3v) is 2.83. The SMILES string of the molecule is COCCOc1cc[n+]([O-])c2cc(C(=O)OC)ccc12. The maximum atomic E-state index is 11.8. The van der Waals surface area contributed by atoms with Crippen LogP contribution in [0.25, 0.3) is 10.9 Å². The average molecular weight is 277 g/mol. The van der Waals surface area contributed by atoms with E-state index >= 15 is 0 Å². The topological polar surface area (TPSA) is 71.7 Å². The van der Waals surface area contributed by atoms with Crippen molar-refractivity contribution in [3.63, 3.8) is 0 Å². The molecule has 0 N–H and O–H groups in total. The minimum Gasteiger partial charge on any atom is -0.618 e. The number of benzene rings is 1. The van der Waals surface area contributed by atoms with Crippen molar-refractivity contribution in [2.45, 2.75) is 0 Å². The van der Waals surface area contributed by atoms with E-state index in [9.17, 15) is 10.0 Å². The lowest BCUT2D eigenvalue weighted by Crippen LogP contribution is -2.26. The predicted molar refractivity (Wildman–Crippen MR) is 71.6 cm³/mol. The highest BCUT2D eigenvalue weighted by molar-refractivity contribution is 5.94. The molecule has 0 spiro atoms. The van der Waals surface area contributed by atoms with Crippen molar-refractivity contribution in [2.24, 2.45) is 0 Å². The van der Waals surface area contributed by atoms with Crippen LogP contribution in [0, 0.1) is 5.21 Å². The van der Waals surface area contributed by atoms with Gasteiger partial charge in [-0.25, -0.2) is 4.79 Å². The van der Waals surface area contributed by atoms with E-state index in [0.29, 0.717) is 40.2 Å². The third kappa shape index (κ3) is 2.80. The van der Waals surface area contributed by atoms with Crippen LogP contribution in [0.3, 0.4) is 0 Å². The molecule has 0 fully saturated rings. The van der Waals surface area contributed by atoms with Gasteiger partial charge in [-0.3, -0.25) is 0 Å². The Morgan fingerprint density at radius 2 is 2.05 bits per heavy atom. The molecule has 0 atom stereocenters. The molecule has 0 aliphatic rings. The van der Waals surface area contributed by atoms with Crippen molar-refractivity contribution in [1.29, 1.82) is 0 Å². The van der Waals surface area contributed by atoms with Gasteiger partial charge in [-0.05, 0) is 12.1 Å². The molecule has 2 aromatic rings. The van der Waals surface area contributed by atoms with E-state index in [-0.39, 0.29) is 0 Å². The highest BCUT2D eigenvalue weighted by Gasteiger charge is 2.14. The second kappa shape index (κ2) is 6.21. The Morgan fingerprint density at radius 1 is 1.25 bits per heavy atom. The summed E-state index contributed by atoms with van der Waals surface area (Å²) in [5, 5.41) is 12.4. The van der Waals surface area contributed by atoms with Gasteiger partial charge in [-0.15, -0.1) is 0 Å². The number of aromatic nitrogens is 1. The fourth-order valence-corrected chi connectivity index (χ4v) is 1.83. The number of esters is 1. The van der Waals surface area contributed by atoms with Gasteiger partial charge in [-0.2, -0.15) is 4.73 Å². The molecule has 0 bridgehead atoms. The van der Waals surface area contributed by atoms with Gasteiger partial charge in [0.25, 0.3) is 0 Å². The van der Waals surface area contributed by atoms with Crippen LogP contribution in [0.5, 0.6) is 5.75 Å². The maximum Gasteiger partial charge on any atom is 0.338 e. The summed E-state index contributed by atoms with van der Waals surface area (Å²) in [5.74, 6) is 0.0816. The van der Waals surface area contributed by atoms with Crippen LogP contribution < -0.4 is 9.47 Å². The van der Waals surface area contributed by atoms with Crippen molar-refractivity contribution in [1.82, 2.24) is 0 Å². The lowest BCUT2D eigenvalue weighted by atomic mass is 10.1. The summed E-state index contributed by atoms with van der Waals surface area (Å²) in [6, 6.07) is 6.33. The van der Waals surface area contributed by atoms with Crippen molar-refractivity contribution in [2.75, 3.05) is 27.4 Å². The number of carbonyl (C=O) groups excluding carboxylic acids is 1. The molecule has 0 saturated heterocycles. The smallest absolute Gasteiger partial charge is 0.338 e. The average Bonchev–Trinajstić information content (AvgIpc) is 2.48. The van der Waals surface area contributed by atoms with Gasteiger partial charge in [0.1, 0.15) is 12.4 Å². The van der Waals surface area contributed by atoms with Crippen molar-refractivity contribution >= 4 is 16.9 Å². The molecule has 1 aromatic carbocycles. The minimum absolute atomic E-state index is 0.318. The number of ether oxygens (including phenoxy) is 3. The van der Waals surface area contributed by atoms with Gasteiger partial charge >= 0.3 is 5.97 Å². The number of rotatable bonds is 5. The summed E-state index contributed by atoms with van der Waals surface area (Å²) < 4.78 is 15.8. The molecule has 106 valence electrons. The molecule has 20 heavy (non-hydrogen) atoms.